The van der Waals surface area contributed by atoms with Crippen LogP contribution in [0.5, 0.6) is 0 Å². The van der Waals surface area contributed by atoms with Gasteiger partial charge in [-0.15, -0.1) is 0 Å². The molecule has 0 aliphatic carbocycles. The Morgan fingerprint density at radius 1 is 1.39 bits per heavy atom. The van der Waals surface area contributed by atoms with Crippen molar-refractivity contribution >= 4 is 17.7 Å². The van der Waals surface area contributed by atoms with Crippen LogP contribution < -0.4 is 16.2 Å². The summed E-state index contributed by atoms with van der Waals surface area (Å²) in [7, 11) is 0. The number of benzene rings is 1. The predicted molar refractivity (Wildman–Crippen MR) is 58.6 cm³/mol. The van der Waals surface area contributed by atoms with E-state index in [2.05, 4.69) is 16.2 Å². The van der Waals surface area contributed by atoms with E-state index in [4.69, 9.17) is 0 Å². The molecule has 1 aromatic rings. The van der Waals surface area contributed by atoms with Gasteiger partial charge in [0.25, 0.3) is 5.91 Å². The third-order valence-electron chi connectivity index (χ3n) is 2.42. The highest BCUT2D eigenvalue weighted by molar-refractivity contribution is 6.05. The normalized spacial score (nSPS) is 18.6. The molecule has 0 spiro atoms. The second-order valence-electron chi connectivity index (χ2n) is 3.78. The largest absolute Gasteiger partial charge is 0.295 e. The molecule has 0 unspecified atom stereocenters. The van der Waals surface area contributed by atoms with Gasteiger partial charge in [0.05, 0.1) is 6.42 Å². The fraction of sp³-hybridized carbons (Fsp3) is 0.182. The molecule has 1 atom stereocenters. The Labute approximate surface area is 102 Å². The van der Waals surface area contributed by atoms with Gasteiger partial charge in [-0.25, -0.2) is 9.82 Å². The lowest BCUT2D eigenvalue weighted by atomic mass is 10.2. The van der Waals surface area contributed by atoms with Crippen molar-refractivity contribution in [3.8, 4) is 0 Å². The molecule has 1 heterocycles. The molecule has 0 bridgehead atoms. The fourth-order valence-electron chi connectivity index (χ4n) is 1.52. The first-order chi connectivity index (χ1) is 8.56. The minimum Gasteiger partial charge on any atom is -0.295 e. The third kappa shape index (κ3) is 2.69. The van der Waals surface area contributed by atoms with E-state index in [1.54, 1.807) is 0 Å². The summed E-state index contributed by atoms with van der Waals surface area (Å²) in [5.41, 5.74) is 4.79. The van der Waals surface area contributed by atoms with E-state index in [0.717, 1.165) is 6.07 Å². The van der Waals surface area contributed by atoms with E-state index in [9.17, 15) is 18.8 Å². The summed E-state index contributed by atoms with van der Waals surface area (Å²) in [5.74, 6) is -2.02. The SMILES string of the molecule is O=C1C[C@H](NNC(=O)c2cccc(F)c2)C(=O)N1. The van der Waals surface area contributed by atoms with Crippen molar-refractivity contribution in [2.24, 2.45) is 0 Å². The molecule has 6 nitrogen and oxygen atoms in total. The number of nitrogens with one attached hydrogen (secondary N) is 3. The Balaban J connectivity index is 1.93. The highest BCUT2D eigenvalue weighted by Gasteiger charge is 2.30. The zero-order valence-corrected chi connectivity index (χ0v) is 9.20. The van der Waals surface area contributed by atoms with Gasteiger partial charge in [0, 0.05) is 5.56 Å². The number of imide groups is 1. The molecule has 1 fully saturated rings. The Hall–Kier alpha value is -2.28. The molecule has 3 N–H and O–H groups in total. The molecule has 1 aliphatic heterocycles. The van der Waals surface area contributed by atoms with Gasteiger partial charge in [-0.1, -0.05) is 6.07 Å². The second-order valence-corrected chi connectivity index (χ2v) is 3.78. The maximum Gasteiger partial charge on any atom is 0.265 e. The number of hydrogen-bond acceptors (Lipinski definition) is 4. The van der Waals surface area contributed by atoms with Gasteiger partial charge in [-0.2, -0.15) is 0 Å². The summed E-state index contributed by atoms with van der Waals surface area (Å²) in [5, 5.41) is 2.09. The maximum absolute atomic E-state index is 12.9. The van der Waals surface area contributed by atoms with Gasteiger partial charge in [0.15, 0.2) is 0 Å². The van der Waals surface area contributed by atoms with Crippen LogP contribution in [0.15, 0.2) is 24.3 Å². The van der Waals surface area contributed by atoms with Crippen molar-refractivity contribution in [1.29, 1.82) is 0 Å². The van der Waals surface area contributed by atoms with Crippen molar-refractivity contribution < 1.29 is 18.8 Å². The van der Waals surface area contributed by atoms with Crippen LogP contribution in [-0.2, 0) is 9.59 Å². The first kappa shape index (κ1) is 12.2. The van der Waals surface area contributed by atoms with Crippen LogP contribution in [0.3, 0.4) is 0 Å². The van der Waals surface area contributed by atoms with E-state index >= 15 is 0 Å². The summed E-state index contributed by atoms with van der Waals surface area (Å²) in [6.45, 7) is 0. The van der Waals surface area contributed by atoms with Crippen molar-refractivity contribution in [3.05, 3.63) is 35.6 Å². The van der Waals surface area contributed by atoms with Gasteiger partial charge in [0.1, 0.15) is 11.9 Å². The molecule has 2 rings (SSSR count). The van der Waals surface area contributed by atoms with Crippen LogP contribution in [0.4, 0.5) is 4.39 Å². The van der Waals surface area contributed by atoms with Gasteiger partial charge in [-0.3, -0.25) is 25.1 Å². The highest BCUT2D eigenvalue weighted by Crippen LogP contribution is 2.03. The van der Waals surface area contributed by atoms with E-state index < -0.39 is 29.6 Å². The average molecular weight is 251 g/mol. The molecular weight excluding hydrogens is 241 g/mol. The van der Waals surface area contributed by atoms with Crippen molar-refractivity contribution in [3.63, 3.8) is 0 Å². The van der Waals surface area contributed by atoms with E-state index in [0.29, 0.717) is 0 Å². The number of carbonyl (C=O) groups excluding carboxylic acids is 3. The Morgan fingerprint density at radius 3 is 2.78 bits per heavy atom. The molecule has 1 saturated heterocycles. The smallest absolute Gasteiger partial charge is 0.265 e. The lowest BCUT2D eigenvalue weighted by Crippen LogP contribution is -2.47. The molecule has 18 heavy (non-hydrogen) atoms. The monoisotopic (exact) mass is 251 g/mol. The molecule has 3 amide bonds. The van der Waals surface area contributed by atoms with Gasteiger partial charge >= 0.3 is 0 Å². The molecular formula is C11H10FN3O3. The lowest BCUT2D eigenvalue weighted by Gasteiger charge is -2.10. The standard InChI is InChI=1S/C11H10FN3O3/c12-7-3-1-2-6(4-7)10(17)15-14-8-5-9(16)13-11(8)18/h1-4,8,14H,5H2,(H,15,17)(H,13,16,18)/t8-/m0/s1. The highest BCUT2D eigenvalue weighted by atomic mass is 19.1. The number of carbonyl (C=O) groups is 3. The Morgan fingerprint density at radius 2 is 2.17 bits per heavy atom. The van der Waals surface area contributed by atoms with Crippen LogP contribution in [0, 0.1) is 5.82 Å². The Bertz CT molecular complexity index is 518. The first-order valence-corrected chi connectivity index (χ1v) is 5.21. The molecule has 7 heteroatoms. The number of halogens is 1. The van der Waals surface area contributed by atoms with Gasteiger partial charge < -0.3 is 0 Å². The number of rotatable bonds is 3. The number of amides is 3. The van der Waals surface area contributed by atoms with Crippen LogP contribution in [0.25, 0.3) is 0 Å². The summed E-state index contributed by atoms with van der Waals surface area (Å²) in [6, 6.07) is 4.32. The summed E-state index contributed by atoms with van der Waals surface area (Å²) >= 11 is 0. The van der Waals surface area contributed by atoms with E-state index in [1.165, 1.54) is 18.2 Å². The van der Waals surface area contributed by atoms with Crippen LogP contribution in [0.2, 0.25) is 0 Å². The Kier molecular flexibility index (Phi) is 3.33. The van der Waals surface area contributed by atoms with Crippen molar-refractivity contribution in [2.75, 3.05) is 0 Å². The summed E-state index contributed by atoms with van der Waals surface area (Å²) in [6.07, 6.45) is -0.0394. The molecule has 1 aliphatic rings. The maximum atomic E-state index is 12.9. The molecule has 94 valence electrons. The van der Waals surface area contributed by atoms with E-state index in [-0.39, 0.29) is 12.0 Å². The van der Waals surface area contributed by atoms with Crippen molar-refractivity contribution in [1.82, 2.24) is 16.2 Å². The quantitative estimate of drug-likeness (QED) is 0.498. The predicted octanol–water partition coefficient (Wildman–Crippen LogP) is -0.525. The molecule has 0 aromatic heterocycles. The molecule has 1 aromatic carbocycles. The van der Waals surface area contributed by atoms with Crippen LogP contribution in [-0.4, -0.2) is 23.8 Å². The summed E-state index contributed by atoms with van der Waals surface area (Å²) in [4.78, 5) is 33.7. The minimum absolute atomic E-state index is 0.0394. The average Bonchev–Trinajstić information content (AvgIpc) is 2.65. The fourth-order valence-corrected chi connectivity index (χ4v) is 1.52. The number of hydrazine groups is 1. The second kappa shape index (κ2) is 4.92. The first-order valence-electron chi connectivity index (χ1n) is 5.21. The lowest BCUT2D eigenvalue weighted by molar-refractivity contribution is -0.125. The van der Waals surface area contributed by atoms with Gasteiger partial charge in [-0.05, 0) is 18.2 Å². The van der Waals surface area contributed by atoms with Gasteiger partial charge in [0.2, 0.25) is 11.8 Å². The number of hydrogen-bond donors (Lipinski definition) is 3. The molecule has 0 saturated carbocycles. The van der Waals surface area contributed by atoms with Crippen LogP contribution >= 0.6 is 0 Å². The third-order valence-corrected chi connectivity index (χ3v) is 2.42. The summed E-state index contributed by atoms with van der Waals surface area (Å²) < 4.78 is 12.9. The zero-order valence-electron chi connectivity index (χ0n) is 9.20. The van der Waals surface area contributed by atoms with Crippen molar-refractivity contribution in [2.45, 2.75) is 12.5 Å². The zero-order chi connectivity index (χ0) is 13.1. The van der Waals surface area contributed by atoms with E-state index in [1.807, 2.05) is 0 Å². The molecule has 0 radical (unpaired) electrons. The van der Waals surface area contributed by atoms with Crippen LogP contribution in [0.1, 0.15) is 16.8 Å². The topological polar surface area (TPSA) is 87.3 Å². The minimum atomic E-state index is -0.796.